The van der Waals surface area contributed by atoms with E-state index >= 15 is 0 Å². The van der Waals surface area contributed by atoms with Gasteiger partial charge in [-0.1, -0.05) is 37.3 Å². The van der Waals surface area contributed by atoms with Crippen LogP contribution in [0.4, 0.5) is 0 Å². The normalized spacial score (nSPS) is 21.8. The summed E-state index contributed by atoms with van der Waals surface area (Å²) in [7, 11) is 0. The molecular formula is C19H27NO3. The third-order valence-corrected chi connectivity index (χ3v) is 5.03. The van der Waals surface area contributed by atoms with Crippen molar-refractivity contribution in [3.8, 4) is 0 Å². The molecule has 0 aromatic heterocycles. The summed E-state index contributed by atoms with van der Waals surface area (Å²) in [5.41, 5.74) is 1.26. The number of hydrogen-bond donors (Lipinski definition) is 1. The lowest BCUT2D eigenvalue weighted by molar-refractivity contribution is -0.141. The summed E-state index contributed by atoms with van der Waals surface area (Å²) in [5.74, 6) is -0.774. The summed E-state index contributed by atoms with van der Waals surface area (Å²) in [6, 6.07) is 10.3. The summed E-state index contributed by atoms with van der Waals surface area (Å²) in [5, 5.41) is 9.12. The average molecular weight is 317 g/mol. The van der Waals surface area contributed by atoms with Gasteiger partial charge in [0.1, 0.15) is 0 Å². The molecule has 1 aromatic carbocycles. The number of benzene rings is 1. The molecular weight excluding hydrogens is 290 g/mol. The molecule has 23 heavy (non-hydrogen) atoms. The van der Waals surface area contributed by atoms with Gasteiger partial charge in [0.25, 0.3) is 0 Å². The van der Waals surface area contributed by atoms with E-state index in [4.69, 9.17) is 5.11 Å². The van der Waals surface area contributed by atoms with Crippen molar-refractivity contribution in [3.05, 3.63) is 35.9 Å². The number of likely N-dealkylation sites (N-methyl/N-ethyl adjacent to an activating group) is 1. The van der Waals surface area contributed by atoms with Crippen LogP contribution >= 0.6 is 0 Å². The predicted molar refractivity (Wildman–Crippen MR) is 90.2 cm³/mol. The highest BCUT2D eigenvalue weighted by molar-refractivity contribution is 5.81. The lowest BCUT2D eigenvalue weighted by Gasteiger charge is -2.28. The molecule has 1 aliphatic carbocycles. The topological polar surface area (TPSA) is 57.6 Å². The summed E-state index contributed by atoms with van der Waals surface area (Å²) in [6.07, 6.45) is 2.80. The Balaban J connectivity index is 2.01. The molecule has 126 valence electrons. The monoisotopic (exact) mass is 317 g/mol. The fourth-order valence-electron chi connectivity index (χ4n) is 3.52. The van der Waals surface area contributed by atoms with Gasteiger partial charge in [-0.05, 0) is 38.2 Å². The predicted octanol–water partition coefficient (Wildman–Crippen LogP) is 3.53. The van der Waals surface area contributed by atoms with E-state index in [-0.39, 0.29) is 17.7 Å². The number of carboxylic acid groups (broad SMARTS) is 1. The van der Waals surface area contributed by atoms with E-state index < -0.39 is 5.97 Å². The van der Waals surface area contributed by atoms with Gasteiger partial charge in [-0.15, -0.1) is 0 Å². The summed E-state index contributed by atoms with van der Waals surface area (Å²) in [6.45, 7) is 5.53. The molecule has 0 heterocycles. The third kappa shape index (κ3) is 4.34. The molecule has 2 rings (SSSR count). The molecule has 0 saturated heterocycles. The van der Waals surface area contributed by atoms with Crippen LogP contribution in [0.15, 0.2) is 30.3 Å². The van der Waals surface area contributed by atoms with Gasteiger partial charge in [0.2, 0.25) is 5.91 Å². The number of aliphatic carboxylic acids is 1. The van der Waals surface area contributed by atoms with Gasteiger partial charge >= 0.3 is 5.97 Å². The Kier molecular flexibility index (Phi) is 6.20. The van der Waals surface area contributed by atoms with Crippen molar-refractivity contribution in [3.63, 3.8) is 0 Å². The van der Waals surface area contributed by atoms with Crippen LogP contribution in [0.5, 0.6) is 0 Å². The molecule has 1 unspecified atom stereocenters. The highest BCUT2D eigenvalue weighted by Crippen LogP contribution is 2.33. The minimum Gasteiger partial charge on any atom is -0.481 e. The number of nitrogens with zero attached hydrogens (tertiary/aromatic N) is 1. The van der Waals surface area contributed by atoms with Crippen LogP contribution in [0.3, 0.4) is 0 Å². The van der Waals surface area contributed by atoms with Crippen LogP contribution in [0.2, 0.25) is 0 Å². The zero-order valence-corrected chi connectivity index (χ0v) is 14.1. The van der Waals surface area contributed by atoms with Gasteiger partial charge in [0.15, 0.2) is 0 Å². The van der Waals surface area contributed by atoms with Crippen LogP contribution in [0.1, 0.15) is 51.0 Å². The Morgan fingerprint density at radius 3 is 2.35 bits per heavy atom. The fraction of sp³-hybridized carbons (Fsp3) is 0.579. The Labute approximate surface area is 138 Å². The molecule has 1 amide bonds. The highest BCUT2D eigenvalue weighted by atomic mass is 16.4. The van der Waals surface area contributed by atoms with Gasteiger partial charge < -0.3 is 10.0 Å². The molecule has 1 fully saturated rings. The number of carbonyl (C=O) groups excluding carboxylic acids is 1. The van der Waals surface area contributed by atoms with Crippen LogP contribution in [0, 0.1) is 11.8 Å². The summed E-state index contributed by atoms with van der Waals surface area (Å²) in [4.78, 5) is 25.8. The Bertz CT molecular complexity index is 529. The van der Waals surface area contributed by atoms with Crippen LogP contribution < -0.4 is 0 Å². The first kappa shape index (κ1) is 17.5. The smallest absolute Gasteiger partial charge is 0.306 e. The quantitative estimate of drug-likeness (QED) is 0.837. The molecule has 4 nitrogen and oxygen atoms in total. The van der Waals surface area contributed by atoms with Crippen molar-refractivity contribution in [1.29, 1.82) is 0 Å². The van der Waals surface area contributed by atoms with Crippen LogP contribution in [-0.2, 0) is 9.59 Å². The van der Waals surface area contributed by atoms with Crippen molar-refractivity contribution < 1.29 is 14.7 Å². The van der Waals surface area contributed by atoms with Crippen LogP contribution in [0.25, 0.3) is 0 Å². The second-order valence-corrected chi connectivity index (χ2v) is 6.44. The first-order valence-corrected chi connectivity index (χ1v) is 8.63. The number of amides is 1. The van der Waals surface area contributed by atoms with Crippen molar-refractivity contribution >= 4 is 11.9 Å². The van der Waals surface area contributed by atoms with Crippen molar-refractivity contribution in [2.75, 3.05) is 13.1 Å². The first-order valence-electron chi connectivity index (χ1n) is 8.63. The minimum absolute atomic E-state index is 0.121. The van der Waals surface area contributed by atoms with E-state index in [1.165, 1.54) is 5.56 Å². The van der Waals surface area contributed by atoms with E-state index in [0.29, 0.717) is 38.3 Å². The van der Waals surface area contributed by atoms with Gasteiger partial charge in [0.05, 0.1) is 5.92 Å². The zero-order valence-electron chi connectivity index (χ0n) is 14.1. The number of hydrogen-bond acceptors (Lipinski definition) is 2. The molecule has 1 saturated carbocycles. The molecule has 3 atom stereocenters. The first-order chi connectivity index (χ1) is 11.1. The molecule has 0 bridgehead atoms. The van der Waals surface area contributed by atoms with Crippen molar-refractivity contribution in [1.82, 2.24) is 4.90 Å². The second kappa shape index (κ2) is 8.14. The number of carbonyl (C=O) groups is 2. The average Bonchev–Trinajstić information content (AvgIpc) is 3.06. The zero-order chi connectivity index (χ0) is 16.8. The van der Waals surface area contributed by atoms with E-state index in [1.54, 1.807) is 0 Å². The SMILES string of the molecule is CCC(CN(CC)C(=O)[C@@H]1CC[C@H](C(=O)O)C1)c1ccccc1. The van der Waals surface area contributed by atoms with Gasteiger partial charge in [-0.25, -0.2) is 0 Å². The maximum absolute atomic E-state index is 12.8. The summed E-state index contributed by atoms with van der Waals surface area (Å²) >= 11 is 0. The van der Waals surface area contributed by atoms with E-state index in [9.17, 15) is 9.59 Å². The minimum atomic E-state index is -0.765. The Morgan fingerprint density at radius 2 is 1.83 bits per heavy atom. The second-order valence-electron chi connectivity index (χ2n) is 6.44. The summed E-state index contributed by atoms with van der Waals surface area (Å²) < 4.78 is 0. The number of rotatable bonds is 7. The lowest BCUT2D eigenvalue weighted by atomic mass is 9.95. The largest absolute Gasteiger partial charge is 0.481 e. The number of carboxylic acids is 1. The van der Waals surface area contributed by atoms with E-state index in [1.807, 2.05) is 30.0 Å². The van der Waals surface area contributed by atoms with Gasteiger partial charge in [0, 0.05) is 24.9 Å². The molecule has 1 aromatic rings. The van der Waals surface area contributed by atoms with E-state index in [2.05, 4.69) is 19.1 Å². The Morgan fingerprint density at radius 1 is 1.17 bits per heavy atom. The Hall–Kier alpha value is -1.84. The fourth-order valence-corrected chi connectivity index (χ4v) is 3.52. The van der Waals surface area contributed by atoms with Crippen molar-refractivity contribution in [2.45, 2.75) is 45.4 Å². The van der Waals surface area contributed by atoms with Gasteiger partial charge in [-0.3, -0.25) is 9.59 Å². The van der Waals surface area contributed by atoms with Crippen LogP contribution in [-0.4, -0.2) is 35.0 Å². The third-order valence-electron chi connectivity index (χ3n) is 5.03. The molecule has 1 N–H and O–H groups in total. The standard InChI is InChI=1S/C19H27NO3/c1-3-14(15-8-6-5-7-9-15)13-20(4-2)18(21)16-10-11-17(12-16)19(22)23/h5-9,14,16-17H,3-4,10-13H2,1-2H3,(H,22,23)/t14?,16-,17+/m1/s1. The molecule has 0 spiro atoms. The lowest BCUT2D eigenvalue weighted by Crippen LogP contribution is -2.38. The van der Waals surface area contributed by atoms with Gasteiger partial charge in [-0.2, -0.15) is 0 Å². The maximum Gasteiger partial charge on any atom is 0.306 e. The van der Waals surface area contributed by atoms with E-state index in [0.717, 1.165) is 6.42 Å². The maximum atomic E-state index is 12.8. The molecule has 1 aliphatic rings. The highest BCUT2D eigenvalue weighted by Gasteiger charge is 2.35. The molecule has 4 heteroatoms. The molecule has 0 radical (unpaired) electrons. The molecule has 0 aliphatic heterocycles. The van der Waals surface area contributed by atoms with Crippen molar-refractivity contribution in [2.24, 2.45) is 11.8 Å².